The van der Waals surface area contributed by atoms with Crippen LogP contribution in [0.25, 0.3) is 0 Å². The van der Waals surface area contributed by atoms with E-state index >= 15 is 0 Å². The lowest BCUT2D eigenvalue weighted by Crippen LogP contribution is -2.08. The Balaban J connectivity index is 2.11. The van der Waals surface area contributed by atoms with Gasteiger partial charge in [0.15, 0.2) is 0 Å². The van der Waals surface area contributed by atoms with Crippen LogP contribution in [0.15, 0.2) is 0 Å². The molecule has 6 unspecified atom stereocenters. The number of hydrogen-bond acceptors (Lipinski definition) is 0. The molecule has 0 aromatic rings. The molecule has 0 aromatic carbocycles. The van der Waals surface area contributed by atoms with Crippen molar-refractivity contribution in [2.24, 2.45) is 35.0 Å². The van der Waals surface area contributed by atoms with Crippen molar-refractivity contribution in [2.75, 3.05) is 0 Å². The highest BCUT2D eigenvalue weighted by Gasteiger charge is 2.78. The molecule has 56 valence electrons. The van der Waals surface area contributed by atoms with E-state index in [1.54, 1.807) is 6.42 Å². The molecule has 4 fully saturated rings. The first-order valence-electron chi connectivity index (χ1n) is 4.67. The molecule has 10 heavy (non-hydrogen) atoms. The quantitative estimate of drug-likeness (QED) is 0.480. The van der Waals surface area contributed by atoms with E-state index in [-0.39, 0.29) is 0 Å². The molecule has 4 bridgehead atoms. The second-order valence-corrected chi connectivity index (χ2v) is 5.05. The first-order chi connectivity index (χ1) is 4.67. The molecule has 4 aliphatic rings. The standard InChI is InChI=1S/C10H16/c1-5-7-4-8-9(5)10(8,3)6(7)2/h5-9H,4H2,1-3H3. The number of rotatable bonds is 0. The predicted molar refractivity (Wildman–Crippen MR) is 41.5 cm³/mol. The summed E-state index contributed by atoms with van der Waals surface area (Å²) < 4.78 is 0. The predicted octanol–water partition coefficient (Wildman–Crippen LogP) is 2.54. The first-order valence-corrected chi connectivity index (χ1v) is 4.67. The van der Waals surface area contributed by atoms with E-state index < -0.39 is 0 Å². The first kappa shape index (κ1) is 5.62. The molecule has 0 radical (unpaired) electrons. The molecule has 4 aliphatic carbocycles. The molecule has 0 heteroatoms. The lowest BCUT2D eigenvalue weighted by atomic mass is 9.91. The maximum atomic E-state index is 2.52. The summed E-state index contributed by atoms with van der Waals surface area (Å²) in [5.41, 5.74) is 0.823. The van der Waals surface area contributed by atoms with Gasteiger partial charge in [-0.1, -0.05) is 20.8 Å². The summed E-state index contributed by atoms with van der Waals surface area (Å²) in [5, 5.41) is 0. The van der Waals surface area contributed by atoms with Crippen LogP contribution >= 0.6 is 0 Å². The Kier molecular flexibility index (Phi) is 0.669. The van der Waals surface area contributed by atoms with Crippen molar-refractivity contribution < 1.29 is 0 Å². The van der Waals surface area contributed by atoms with Crippen molar-refractivity contribution in [3.8, 4) is 0 Å². The highest BCUT2D eigenvalue weighted by atomic mass is 14.8. The van der Waals surface area contributed by atoms with Gasteiger partial charge in [0.05, 0.1) is 0 Å². The van der Waals surface area contributed by atoms with Gasteiger partial charge in [-0.25, -0.2) is 0 Å². The van der Waals surface area contributed by atoms with E-state index in [0.717, 1.165) is 35.0 Å². The molecule has 0 aromatic heterocycles. The van der Waals surface area contributed by atoms with Gasteiger partial charge in [0.1, 0.15) is 0 Å². The summed E-state index contributed by atoms with van der Waals surface area (Å²) in [6.45, 7) is 7.48. The average molecular weight is 136 g/mol. The van der Waals surface area contributed by atoms with E-state index in [1.165, 1.54) is 0 Å². The fraction of sp³-hybridized carbons (Fsp3) is 1.00. The van der Waals surface area contributed by atoms with Crippen LogP contribution in [0, 0.1) is 35.0 Å². The van der Waals surface area contributed by atoms with E-state index in [0.29, 0.717) is 0 Å². The molecule has 4 rings (SSSR count). The minimum absolute atomic E-state index is 0.823. The zero-order chi connectivity index (χ0) is 7.09. The largest absolute Gasteiger partial charge is 0.0619 e. The molecule has 4 saturated carbocycles. The van der Waals surface area contributed by atoms with Gasteiger partial charge in [-0.3, -0.25) is 0 Å². The van der Waals surface area contributed by atoms with Crippen LogP contribution in [0.4, 0.5) is 0 Å². The Bertz CT molecular complexity index is 188. The molecule has 6 atom stereocenters. The Morgan fingerprint density at radius 3 is 2.10 bits per heavy atom. The lowest BCUT2D eigenvalue weighted by Gasteiger charge is -2.14. The van der Waals surface area contributed by atoms with E-state index in [4.69, 9.17) is 0 Å². The maximum absolute atomic E-state index is 2.52. The van der Waals surface area contributed by atoms with Crippen molar-refractivity contribution >= 4 is 0 Å². The number of hydrogen-bond donors (Lipinski definition) is 0. The van der Waals surface area contributed by atoms with Crippen molar-refractivity contribution in [3.05, 3.63) is 0 Å². The molecule has 0 heterocycles. The van der Waals surface area contributed by atoms with Crippen LogP contribution in [0.5, 0.6) is 0 Å². The highest BCUT2D eigenvalue weighted by Crippen LogP contribution is 2.83. The Hall–Kier alpha value is 0. The van der Waals surface area contributed by atoms with Gasteiger partial charge in [-0.2, -0.15) is 0 Å². The third kappa shape index (κ3) is 0.302. The normalized spacial score (nSPS) is 76.5. The maximum Gasteiger partial charge on any atom is -0.0232 e. The second-order valence-electron chi connectivity index (χ2n) is 5.05. The molecular formula is C10H16. The van der Waals surface area contributed by atoms with Crippen LogP contribution in [0.1, 0.15) is 27.2 Å². The Morgan fingerprint density at radius 1 is 1.30 bits per heavy atom. The van der Waals surface area contributed by atoms with Gasteiger partial charge in [-0.05, 0) is 41.4 Å². The fourth-order valence-electron chi connectivity index (χ4n) is 4.53. The third-order valence-corrected chi connectivity index (χ3v) is 5.23. The SMILES string of the molecule is CC1C2CC3C1C3(C)C2C. The zero-order valence-corrected chi connectivity index (χ0v) is 7.09. The molecule has 0 saturated heterocycles. The Morgan fingerprint density at radius 2 is 2.00 bits per heavy atom. The van der Waals surface area contributed by atoms with Gasteiger partial charge < -0.3 is 0 Å². The average Bonchev–Trinajstić information content (AvgIpc) is 2.16. The van der Waals surface area contributed by atoms with Gasteiger partial charge >= 0.3 is 0 Å². The second kappa shape index (κ2) is 1.19. The van der Waals surface area contributed by atoms with Gasteiger partial charge in [0.2, 0.25) is 0 Å². The van der Waals surface area contributed by atoms with Gasteiger partial charge in [-0.15, -0.1) is 0 Å². The minimum atomic E-state index is 0.823. The van der Waals surface area contributed by atoms with Crippen LogP contribution in [-0.2, 0) is 0 Å². The molecular weight excluding hydrogens is 120 g/mol. The molecule has 0 spiro atoms. The van der Waals surface area contributed by atoms with Crippen LogP contribution in [-0.4, -0.2) is 0 Å². The fourth-order valence-corrected chi connectivity index (χ4v) is 4.53. The minimum Gasteiger partial charge on any atom is -0.0619 e. The third-order valence-electron chi connectivity index (χ3n) is 5.23. The molecule has 0 N–H and O–H groups in total. The van der Waals surface area contributed by atoms with Crippen molar-refractivity contribution in [3.63, 3.8) is 0 Å². The lowest BCUT2D eigenvalue weighted by molar-refractivity contribution is 0.342. The van der Waals surface area contributed by atoms with E-state index in [1.807, 2.05) is 0 Å². The van der Waals surface area contributed by atoms with Gasteiger partial charge in [0.25, 0.3) is 0 Å². The summed E-state index contributed by atoms with van der Waals surface area (Å²) in [5.74, 6) is 5.54. The monoisotopic (exact) mass is 136 g/mol. The van der Waals surface area contributed by atoms with Crippen molar-refractivity contribution in [2.45, 2.75) is 27.2 Å². The summed E-state index contributed by atoms with van der Waals surface area (Å²) in [4.78, 5) is 0. The Labute approximate surface area is 63.0 Å². The summed E-state index contributed by atoms with van der Waals surface area (Å²) in [6.07, 6.45) is 1.57. The van der Waals surface area contributed by atoms with Crippen LogP contribution in [0.3, 0.4) is 0 Å². The molecule has 0 nitrogen and oxygen atoms in total. The molecule has 0 aliphatic heterocycles. The topological polar surface area (TPSA) is 0 Å². The summed E-state index contributed by atoms with van der Waals surface area (Å²) in [7, 11) is 0. The van der Waals surface area contributed by atoms with E-state index in [9.17, 15) is 0 Å². The highest BCUT2D eigenvalue weighted by molar-refractivity contribution is 5.25. The zero-order valence-electron chi connectivity index (χ0n) is 7.09. The summed E-state index contributed by atoms with van der Waals surface area (Å²) >= 11 is 0. The smallest absolute Gasteiger partial charge is 0.0232 e. The van der Waals surface area contributed by atoms with Crippen LogP contribution < -0.4 is 0 Å². The summed E-state index contributed by atoms with van der Waals surface area (Å²) in [6, 6.07) is 0. The van der Waals surface area contributed by atoms with E-state index in [2.05, 4.69) is 20.8 Å². The molecule has 0 amide bonds. The van der Waals surface area contributed by atoms with Crippen molar-refractivity contribution in [1.82, 2.24) is 0 Å². The van der Waals surface area contributed by atoms with Gasteiger partial charge in [0, 0.05) is 0 Å². The van der Waals surface area contributed by atoms with Crippen LogP contribution in [0.2, 0.25) is 0 Å². The van der Waals surface area contributed by atoms with Crippen molar-refractivity contribution in [1.29, 1.82) is 0 Å².